The van der Waals surface area contributed by atoms with Crippen molar-refractivity contribution in [2.24, 2.45) is 5.10 Å². The van der Waals surface area contributed by atoms with Gasteiger partial charge in [-0.2, -0.15) is 10.2 Å². The number of phenolic OH excluding ortho intramolecular Hbond substituents is 1. The Labute approximate surface area is 196 Å². The summed E-state index contributed by atoms with van der Waals surface area (Å²) in [6.07, 6.45) is 1.37. The molecule has 172 valence electrons. The topological polar surface area (TPSA) is 109 Å². The van der Waals surface area contributed by atoms with Crippen molar-refractivity contribution in [2.45, 2.75) is 13.5 Å². The van der Waals surface area contributed by atoms with Crippen LogP contribution in [0.4, 0.5) is 0 Å². The number of para-hydroxylation sites is 1. The molecule has 0 aliphatic heterocycles. The highest BCUT2D eigenvalue weighted by Gasteiger charge is 2.13. The van der Waals surface area contributed by atoms with E-state index in [4.69, 9.17) is 9.47 Å². The van der Waals surface area contributed by atoms with Crippen LogP contribution >= 0.6 is 0 Å². The van der Waals surface area contributed by atoms with Crippen LogP contribution in [-0.2, 0) is 6.61 Å². The molecule has 4 rings (SSSR count). The number of amides is 1. The molecule has 0 fully saturated rings. The van der Waals surface area contributed by atoms with E-state index in [1.807, 2.05) is 43.3 Å². The van der Waals surface area contributed by atoms with Crippen molar-refractivity contribution in [3.63, 3.8) is 0 Å². The number of nitrogens with one attached hydrogen (secondary N) is 2. The van der Waals surface area contributed by atoms with Crippen molar-refractivity contribution in [3.05, 3.63) is 95.2 Å². The van der Waals surface area contributed by atoms with Gasteiger partial charge in [-0.05, 0) is 48.9 Å². The van der Waals surface area contributed by atoms with Crippen LogP contribution in [0.15, 0.2) is 77.9 Å². The maximum atomic E-state index is 12.4. The summed E-state index contributed by atoms with van der Waals surface area (Å²) < 4.78 is 11.4. The molecule has 0 saturated heterocycles. The molecule has 0 spiro atoms. The number of aromatic amines is 1. The molecule has 1 aromatic heterocycles. The molecule has 0 saturated carbocycles. The molecule has 0 radical (unpaired) electrons. The number of aromatic nitrogens is 2. The Morgan fingerprint density at radius 1 is 1.09 bits per heavy atom. The Balaban J connectivity index is 1.42. The summed E-state index contributed by atoms with van der Waals surface area (Å²) in [5, 5.41) is 20.6. The van der Waals surface area contributed by atoms with E-state index < -0.39 is 5.91 Å². The van der Waals surface area contributed by atoms with Crippen LogP contribution in [0, 0.1) is 6.92 Å². The van der Waals surface area contributed by atoms with Gasteiger partial charge in [0.2, 0.25) is 0 Å². The third kappa shape index (κ3) is 5.42. The molecule has 1 heterocycles. The zero-order chi connectivity index (χ0) is 23.9. The van der Waals surface area contributed by atoms with Crippen LogP contribution < -0.4 is 14.9 Å². The Morgan fingerprint density at radius 3 is 2.65 bits per heavy atom. The average molecular weight is 457 g/mol. The van der Waals surface area contributed by atoms with Crippen LogP contribution in [0.25, 0.3) is 11.3 Å². The number of hydrogen-bond donors (Lipinski definition) is 3. The highest BCUT2D eigenvalue weighted by Crippen LogP contribution is 2.32. The Morgan fingerprint density at radius 2 is 1.88 bits per heavy atom. The van der Waals surface area contributed by atoms with E-state index in [-0.39, 0.29) is 11.4 Å². The number of aryl methyl sites for hydroxylation is 1. The predicted molar refractivity (Wildman–Crippen MR) is 129 cm³/mol. The van der Waals surface area contributed by atoms with Gasteiger partial charge in [0, 0.05) is 11.1 Å². The monoisotopic (exact) mass is 456 g/mol. The number of phenols is 1. The molecule has 8 nitrogen and oxygen atoms in total. The first-order valence-corrected chi connectivity index (χ1v) is 10.6. The second-order valence-electron chi connectivity index (χ2n) is 7.56. The van der Waals surface area contributed by atoms with Crippen LogP contribution in [0.1, 0.15) is 27.2 Å². The highest BCUT2D eigenvalue weighted by molar-refractivity contribution is 5.94. The number of hydrogen-bond acceptors (Lipinski definition) is 6. The molecule has 0 unspecified atom stereocenters. The maximum absolute atomic E-state index is 12.4. The molecule has 0 bridgehead atoms. The van der Waals surface area contributed by atoms with Crippen LogP contribution in [0.5, 0.6) is 17.2 Å². The minimum Gasteiger partial charge on any atom is -0.507 e. The molecule has 34 heavy (non-hydrogen) atoms. The van der Waals surface area contributed by atoms with Gasteiger partial charge in [-0.25, -0.2) is 5.43 Å². The number of hydrazone groups is 1. The number of ether oxygens (including phenoxy) is 2. The van der Waals surface area contributed by atoms with E-state index in [0.717, 1.165) is 11.1 Å². The normalized spacial score (nSPS) is 10.9. The molecular formula is C26H24N4O4. The Bertz CT molecular complexity index is 1310. The molecule has 3 N–H and O–H groups in total. The third-order valence-electron chi connectivity index (χ3n) is 5.10. The lowest BCUT2D eigenvalue weighted by Gasteiger charge is -2.12. The summed E-state index contributed by atoms with van der Waals surface area (Å²) in [5.74, 6) is 0.782. The molecule has 0 atom stereocenters. The Kier molecular flexibility index (Phi) is 6.88. The van der Waals surface area contributed by atoms with Crippen molar-refractivity contribution in [1.82, 2.24) is 15.6 Å². The first-order chi connectivity index (χ1) is 16.5. The van der Waals surface area contributed by atoms with Gasteiger partial charge in [0.1, 0.15) is 18.1 Å². The summed E-state index contributed by atoms with van der Waals surface area (Å²) >= 11 is 0. The second-order valence-corrected chi connectivity index (χ2v) is 7.56. The van der Waals surface area contributed by atoms with E-state index >= 15 is 0 Å². The van der Waals surface area contributed by atoms with Gasteiger partial charge in [-0.15, -0.1) is 0 Å². The van der Waals surface area contributed by atoms with Crippen molar-refractivity contribution < 1.29 is 19.4 Å². The fraction of sp³-hybridized carbons (Fsp3) is 0.115. The zero-order valence-electron chi connectivity index (χ0n) is 18.8. The predicted octanol–water partition coefficient (Wildman–Crippen LogP) is 4.44. The molecule has 8 heteroatoms. The van der Waals surface area contributed by atoms with Gasteiger partial charge >= 0.3 is 0 Å². The number of methoxy groups -OCH3 is 1. The number of benzene rings is 3. The average Bonchev–Trinajstić information content (AvgIpc) is 3.35. The maximum Gasteiger partial charge on any atom is 0.289 e. The van der Waals surface area contributed by atoms with Gasteiger partial charge in [-0.3, -0.25) is 9.89 Å². The zero-order valence-corrected chi connectivity index (χ0v) is 18.8. The number of nitrogens with zero attached hydrogens (tertiary/aromatic N) is 2. The third-order valence-corrected chi connectivity index (χ3v) is 5.10. The Hall–Kier alpha value is -4.59. The van der Waals surface area contributed by atoms with Gasteiger partial charge in [0.15, 0.2) is 11.5 Å². The number of H-pyrrole nitrogens is 1. The molecule has 4 aromatic rings. The minimum atomic E-state index is -0.463. The van der Waals surface area contributed by atoms with E-state index in [1.165, 1.54) is 17.8 Å². The van der Waals surface area contributed by atoms with Gasteiger partial charge in [0.05, 0.1) is 19.0 Å². The lowest BCUT2D eigenvalue weighted by molar-refractivity contribution is 0.0950. The van der Waals surface area contributed by atoms with Gasteiger partial charge in [0.25, 0.3) is 5.91 Å². The van der Waals surface area contributed by atoms with E-state index in [9.17, 15) is 9.90 Å². The van der Waals surface area contributed by atoms with Crippen molar-refractivity contribution in [1.29, 1.82) is 0 Å². The molecule has 1 amide bonds. The number of carbonyl (C=O) groups is 1. The summed E-state index contributed by atoms with van der Waals surface area (Å²) in [7, 11) is 1.57. The molecular weight excluding hydrogens is 432 g/mol. The summed E-state index contributed by atoms with van der Waals surface area (Å²) in [5.41, 5.74) is 6.72. The fourth-order valence-electron chi connectivity index (χ4n) is 3.19. The quantitative estimate of drug-likeness (QED) is 0.268. The van der Waals surface area contributed by atoms with Crippen molar-refractivity contribution in [2.75, 3.05) is 7.11 Å². The lowest BCUT2D eigenvalue weighted by Crippen LogP contribution is -2.18. The first kappa shape index (κ1) is 22.6. The van der Waals surface area contributed by atoms with Crippen LogP contribution in [0.3, 0.4) is 0 Å². The number of aromatic hydroxyl groups is 1. The van der Waals surface area contributed by atoms with Crippen LogP contribution in [-0.4, -0.2) is 34.5 Å². The molecule has 3 aromatic carbocycles. The highest BCUT2D eigenvalue weighted by atomic mass is 16.5. The summed E-state index contributed by atoms with van der Waals surface area (Å²) in [6, 6.07) is 21.9. The molecule has 0 aliphatic rings. The summed E-state index contributed by atoms with van der Waals surface area (Å²) in [4.78, 5) is 12.4. The fourth-order valence-corrected chi connectivity index (χ4v) is 3.19. The number of carbonyl (C=O) groups excluding carboxylic acids is 1. The smallest absolute Gasteiger partial charge is 0.289 e. The van der Waals surface area contributed by atoms with E-state index in [1.54, 1.807) is 37.4 Å². The summed E-state index contributed by atoms with van der Waals surface area (Å²) in [6.45, 7) is 2.46. The van der Waals surface area contributed by atoms with Crippen LogP contribution in [0.2, 0.25) is 0 Å². The van der Waals surface area contributed by atoms with Gasteiger partial charge < -0.3 is 14.6 Å². The molecule has 0 aliphatic carbocycles. The van der Waals surface area contributed by atoms with Crippen molar-refractivity contribution >= 4 is 12.1 Å². The van der Waals surface area contributed by atoms with E-state index in [0.29, 0.717) is 29.4 Å². The SMILES string of the molecule is COc1cc(-c2cc(C(=O)N/N=C/c3ccccc3O)[nH]n2)ccc1OCc1ccc(C)cc1. The second kappa shape index (κ2) is 10.4. The first-order valence-electron chi connectivity index (χ1n) is 10.6. The van der Waals surface area contributed by atoms with E-state index in [2.05, 4.69) is 20.7 Å². The standard InChI is InChI=1S/C26H24N4O4/c1-17-7-9-18(10-8-17)16-34-24-12-11-19(13-25(24)33-2)21-14-22(29-28-21)26(32)30-27-15-20-5-3-4-6-23(20)31/h3-15,31H,16H2,1-2H3,(H,28,29)(H,30,32)/b27-15+. The largest absolute Gasteiger partial charge is 0.507 e. The number of rotatable bonds is 8. The van der Waals surface area contributed by atoms with Crippen molar-refractivity contribution in [3.8, 4) is 28.5 Å². The van der Waals surface area contributed by atoms with Gasteiger partial charge in [-0.1, -0.05) is 42.0 Å². The minimum absolute atomic E-state index is 0.0737. The lowest BCUT2D eigenvalue weighted by atomic mass is 10.1.